The molecule has 0 aromatic carbocycles. The quantitative estimate of drug-likeness (QED) is 0.717. The molecule has 12 heavy (non-hydrogen) atoms. The van der Waals surface area contributed by atoms with Gasteiger partial charge in [0.1, 0.15) is 0 Å². The van der Waals surface area contributed by atoms with E-state index in [4.69, 9.17) is 17.3 Å². The predicted molar refractivity (Wildman–Crippen MR) is 55.4 cm³/mol. The molecule has 3 heteroatoms. The first-order chi connectivity index (χ1) is 5.61. The summed E-state index contributed by atoms with van der Waals surface area (Å²) in [5.41, 5.74) is 8.30. The van der Waals surface area contributed by atoms with Crippen LogP contribution in [-0.4, -0.2) is 30.6 Å². The molecule has 72 valence electrons. The third-order valence-electron chi connectivity index (χ3n) is 1.79. The second kappa shape index (κ2) is 6.46. The fourth-order valence-electron chi connectivity index (χ4n) is 1.04. The van der Waals surface area contributed by atoms with Crippen LogP contribution < -0.4 is 5.73 Å². The molecular weight excluding hydrogens is 172 g/mol. The Morgan fingerprint density at radius 1 is 1.58 bits per heavy atom. The molecule has 0 aromatic rings. The Balaban J connectivity index is 3.95. The SMILES string of the molecule is CC(=CCl)CN(CCN)C(C)C. The van der Waals surface area contributed by atoms with E-state index in [1.807, 2.05) is 6.92 Å². The van der Waals surface area contributed by atoms with E-state index in [2.05, 4.69) is 18.7 Å². The lowest BCUT2D eigenvalue weighted by atomic mass is 10.2. The van der Waals surface area contributed by atoms with Crippen LogP contribution in [0.1, 0.15) is 20.8 Å². The summed E-state index contributed by atoms with van der Waals surface area (Å²) in [6.07, 6.45) is 0. The molecule has 0 saturated carbocycles. The fourth-order valence-corrected chi connectivity index (χ4v) is 1.11. The van der Waals surface area contributed by atoms with E-state index in [1.54, 1.807) is 5.54 Å². The summed E-state index contributed by atoms with van der Waals surface area (Å²) < 4.78 is 0. The molecule has 0 unspecified atom stereocenters. The first-order valence-corrected chi connectivity index (χ1v) is 4.75. The molecule has 2 nitrogen and oxygen atoms in total. The highest BCUT2D eigenvalue weighted by atomic mass is 35.5. The van der Waals surface area contributed by atoms with Crippen molar-refractivity contribution in [1.29, 1.82) is 0 Å². The van der Waals surface area contributed by atoms with Crippen molar-refractivity contribution in [1.82, 2.24) is 4.90 Å². The molecule has 0 atom stereocenters. The van der Waals surface area contributed by atoms with Crippen molar-refractivity contribution in [3.05, 3.63) is 11.1 Å². The molecular formula is C9H19ClN2. The van der Waals surface area contributed by atoms with Crippen LogP contribution in [0.25, 0.3) is 0 Å². The van der Waals surface area contributed by atoms with E-state index < -0.39 is 0 Å². The van der Waals surface area contributed by atoms with Crippen LogP contribution in [0.2, 0.25) is 0 Å². The van der Waals surface area contributed by atoms with Crippen LogP contribution in [0.5, 0.6) is 0 Å². The largest absolute Gasteiger partial charge is 0.329 e. The lowest BCUT2D eigenvalue weighted by molar-refractivity contribution is 0.247. The number of hydrogen-bond donors (Lipinski definition) is 1. The van der Waals surface area contributed by atoms with Gasteiger partial charge >= 0.3 is 0 Å². The normalized spacial score (nSPS) is 13.1. The van der Waals surface area contributed by atoms with Gasteiger partial charge in [0.25, 0.3) is 0 Å². The molecule has 0 radical (unpaired) electrons. The van der Waals surface area contributed by atoms with Gasteiger partial charge in [-0.1, -0.05) is 11.6 Å². The minimum Gasteiger partial charge on any atom is -0.329 e. The van der Waals surface area contributed by atoms with E-state index in [1.165, 1.54) is 5.57 Å². The van der Waals surface area contributed by atoms with Crippen LogP contribution in [0.4, 0.5) is 0 Å². The second-order valence-corrected chi connectivity index (χ2v) is 3.53. The van der Waals surface area contributed by atoms with E-state index in [0.717, 1.165) is 13.1 Å². The van der Waals surface area contributed by atoms with Crippen molar-refractivity contribution in [3.8, 4) is 0 Å². The molecule has 2 N–H and O–H groups in total. The van der Waals surface area contributed by atoms with Crippen LogP contribution in [0.15, 0.2) is 11.1 Å². The average Bonchev–Trinajstić information content (AvgIpc) is 2.03. The summed E-state index contributed by atoms with van der Waals surface area (Å²) in [5.74, 6) is 0. The van der Waals surface area contributed by atoms with Gasteiger partial charge in [0.15, 0.2) is 0 Å². The second-order valence-electron chi connectivity index (χ2n) is 3.31. The number of nitrogens with zero attached hydrogens (tertiary/aromatic N) is 1. The Bertz CT molecular complexity index is 143. The van der Waals surface area contributed by atoms with Crippen molar-refractivity contribution in [2.45, 2.75) is 26.8 Å². The molecule has 0 heterocycles. The molecule has 0 fully saturated rings. The zero-order valence-electron chi connectivity index (χ0n) is 8.18. The van der Waals surface area contributed by atoms with Crippen molar-refractivity contribution in [3.63, 3.8) is 0 Å². The van der Waals surface area contributed by atoms with Crippen molar-refractivity contribution in [2.75, 3.05) is 19.6 Å². The van der Waals surface area contributed by atoms with Gasteiger partial charge in [-0.25, -0.2) is 0 Å². The highest BCUT2D eigenvalue weighted by molar-refractivity contribution is 6.25. The van der Waals surface area contributed by atoms with E-state index in [9.17, 15) is 0 Å². The van der Waals surface area contributed by atoms with Gasteiger partial charge in [0.2, 0.25) is 0 Å². The summed E-state index contributed by atoms with van der Waals surface area (Å²) in [4.78, 5) is 2.30. The first kappa shape index (κ1) is 11.9. The molecule has 0 aromatic heterocycles. The first-order valence-electron chi connectivity index (χ1n) is 4.31. The van der Waals surface area contributed by atoms with Gasteiger partial charge in [-0.15, -0.1) is 0 Å². The lowest BCUT2D eigenvalue weighted by Crippen LogP contribution is -2.36. The lowest BCUT2D eigenvalue weighted by Gasteiger charge is -2.25. The van der Waals surface area contributed by atoms with Crippen LogP contribution in [-0.2, 0) is 0 Å². The average molecular weight is 191 g/mol. The van der Waals surface area contributed by atoms with Crippen molar-refractivity contribution < 1.29 is 0 Å². The molecule has 0 aliphatic rings. The number of rotatable bonds is 5. The summed E-state index contributed by atoms with van der Waals surface area (Å²) in [6.45, 7) is 8.90. The highest BCUT2D eigenvalue weighted by Crippen LogP contribution is 2.03. The minimum atomic E-state index is 0.528. The van der Waals surface area contributed by atoms with Gasteiger partial charge in [-0.2, -0.15) is 0 Å². The van der Waals surface area contributed by atoms with Crippen molar-refractivity contribution in [2.24, 2.45) is 5.73 Å². The van der Waals surface area contributed by atoms with Gasteiger partial charge in [-0.05, 0) is 26.3 Å². The zero-order chi connectivity index (χ0) is 9.56. The summed E-state index contributed by atoms with van der Waals surface area (Å²) in [5, 5.41) is 0. The predicted octanol–water partition coefficient (Wildman–Crippen LogP) is 1.80. The van der Waals surface area contributed by atoms with Gasteiger partial charge in [-0.3, -0.25) is 4.90 Å². The maximum absolute atomic E-state index is 5.58. The standard InChI is InChI=1S/C9H19ClN2/c1-8(2)12(5-4-11)7-9(3)6-10/h6,8H,4-5,7,11H2,1-3H3. The highest BCUT2D eigenvalue weighted by Gasteiger charge is 2.07. The van der Waals surface area contributed by atoms with Gasteiger partial charge < -0.3 is 5.73 Å². The molecule has 0 spiro atoms. The Labute approximate surface area is 80.4 Å². The van der Waals surface area contributed by atoms with Gasteiger partial charge in [0.05, 0.1) is 0 Å². The molecule has 0 rings (SSSR count). The Morgan fingerprint density at radius 3 is 2.50 bits per heavy atom. The molecule has 0 amide bonds. The Kier molecular flexibility index (Phi) is 6.44. The number of halogens is 1. The Morgan fingerprint density at radius 2 is 2.17 bits per heavy atom. The minimum absolute atomic E-state index is 0.528. The Hall–Kier alpha value is -0.0500. The summed E-state index contributed by atoms with van der Waals surface area (Å²) in [6, 6.07) is 0.528. The van der Waals surface area contributed by atoms with Crippen LogP contribution in [0, 0.1) is 0 Å². The molecule has 0 saturated heterocycles. The molecule has 0 aliphatic heterocycles. The van der Waals surface area contributed by atoms with E-state index in [-0.39, 0.29) is 0 Å². The summed E-state index contributed by atoms with van der Waals surface area (Å²) >= 11 is 5.58. The van der Waals surface area contributed by atoms with Crippen LogP contribution >= 0.6 is 11.6 Å². The van der Waals surface area contributed by atoms with Gasteiger partial charge in [0, 0.05) is 31.2 Å². The summed E-state index contributed by atoms with van der Waals surface area (Å²) in [7, 11) is 0. The zero-order valence-corrected chi connectivity index (χ0v) is 8.93. The number of hydrogen-bond acceptors (Lipinski definition) is 2. The molecule has 0 aliphatic carbocycles. The van der Waals surface area contributed by atoms with Crippen molar-refractivity contribution >= 4 is 11.6 Å². The van der Waals surface area contributed by atoms with E-state index in [0.29, 0.717) is 12.6 Å². The monoisotopic (exact) mass is 190 g/mol. The maximum atomic E-state index is 5.58. The topological polar surface area (TPSA) is 29.3 Å². The number of nitrogens with two attached hydrogens (primary N) is 1. The fraction of sp³-hybridized carbons (Fsp3) is 0.778. The molecule has 0 bridgehead atoms. The smallest absolute Gasteiger partial charge is 0.0205 e. The third kappa shape index (κ3) is 4.75. The van der Waals surface area contributed by atoms with Crippen LogP contribution in [0.3, 0.4) is 0 Å². The van der Waals surface area contributed by atoms with E-state index >= 15 is 0 Å². The third-order valence-corrected chi connectivity index (χ3v) is 2.16. The maximum Gasteiger partial charge on any atom is 0.0205 e.